The minimum Gasteiger partial charge on any atom is -0.496 e. The van der Waals surface area contributed by atoms with Crippen LogP contribution in [0.15, 0.2) is 53.1 Å². The molecule has 6 nitrogen and oxygen atoms in total. The molecule has 0 atom stereocenters. The zero-order valence-corrected chi connectivity index (χ0v) is 15.6. The third-order valence-electron chi connectivity index (χ3n) is 4.18. The van der Waals surface area contributed by atoms with E-state index in [0.29, 0.717) is 39.9 Å². The fourth-order valence-electron chi connectivity index (χ4n) is 2.85. The second kappa shape index (κ2) is 7.86. The summed E-state index contributed by atoms with van der Waals surface area (Å²) in [6.45, 7) is 0. The lowest BCUT2D eigenvalue weighted by atomic mass is 9.98. The first kappa shape index (κ1) is 18.4. The molecule has 0 saturated carbocycles. The van der Waals surface area contributed by atoms with Crippen molar-refractivity contribution < 1.29 is 28.2 Å². The standard InChI is InChI=1S/C21H20O6/c1-23-17-8-7-13(16-6-5-9-27-16)10-15(17)20(22)14-11-18(24-2)21(26-4)19(12-14)25-3/h5-12H,1-4H3. The predicted octanol–water partition coefficient (Wildman–Crippen LogP) is 4.21. The molecule has 0 aliphatic carbocycles. The second-order valence-electron chi connectivity index (χ2n) is 5.64. The van der Waals surface area contributed by atoms with Gasteiger partial charge in [0.1, 0.15) is 11.5 Å². The number of ketones is 1. The first-order valence-electron chi connectivity index (χ1n) is 8.19. The molecule has 0 saturated heterocycles. The van der Waals surface area contributed by atoms with Crippen molar-refractivity contribution in [3.8, 4) is 34.3 Å². The summed E-state index contributed by atoms with van der Waals surface area (Å²) in [6.07, 6.45) is 1.58. The van der Waals surface area contributed by atoms with E-state index in [-0.39, 0.29) is 5.78 Å². The second-order valence-corrected chi connectivity index (χ2v) is 5.64. The van der Waals surface area contributed by atoms with Crippen molar-refractivity contribution in [2.75, 3.05) is 28.4 Å². The smallest absolute Gasteiger partial charge is 0.203 e. The number of methoxy groups -OCH3 is 4. The van der Waals surface area contributed by atoms with Crippen LogP contribution in [0.1, 0.15) is 15.9 Å². The molecule has 3 aromatic rings. The molecule has 1 heterocycles. The number of benzene rings is 2. The largest absolute Gasteiger partial charge is 0.496 e. The summed E-state index contributed by atoms with van der Waals surface area (Å²) in [6, 6.07) is 12.2. The lowest BCUT2D eigenvalue weighted by Gasteiger charge is -2.15. The molecule has 6 heteroatoms. The lowest BCUT2D eigenvalue weighted by molar-refractivity contribution is 0.103. The van der Waals surface area contributed by atoms with Crippen LogP contribution in [0.3, 0.4) is 0 Å². The summed E-state index contributed by atoms with van der Waals surface area (Å²) < 4.78 is 26.8. The molecule has 0 fully saturated rings. The minimum absolute atomic E-state index is 0.237. The number of ether oxygens (including phenoxy) is 4. The van der Waals surface area contributed by atoms with E-state index in [1.54, 1.807) is 36.6 Å². The van der Waals surface area contributed by atoms with E-state index in [9.17, 15) is 4.79 Å². The maximum Gasteiger partial charge on any atom is 0.203 e. The summed E-state index contributed by atoms with van der Waals surface area (Å²) in [7, 11) is 6.04. The Bertz CT molecular complexity index is 918. The van der Waals surface area contributed by atoms with Gasteiger partial charge in [0, 0.05) is 11.1 Å². The average Bonchev–Trinajstić information content (AvgIpc) is 3.26. The number of hydrogen-bond acceptors (Lipinski definition) is 6. The molecule has 0 N–H and O–H groups in total. The van der Waals surface area contributed by atoms with Gasteiger partial charge in [0.2, 0.25) is 5.75 Å². The van der Waals surface area contributed by atoms with E-state index in [0.717, 1.165) is 5.56 Å². The molecule has 3 rings (SSSR count). The Morgan fingerprint density at radius 2 is 1.48 bits per heavy atom. The van der Waals surface area contributed by atoms with Gasteiger partial charge in [0.25, 0.3) is 0 Å². The highest BCUT2D eigenvalue weighted by Crippen LogP contribution is 2.39. The normalized spacial score (nSPS) is 10.4. The summed E-state index contributed by atoms with van der Waals surface area (Å²) in [5.41, 5.74) is 1.57. The molecule has 0 bridgehead atoms. The molecule has 0 aliphatic rings. The zero-order valence-electron chi connectivity index (χ0n) is 15.6. The van der Waals surface area contributed by atoms with E-state index in [1.165, 1.54) is 28.4 Å². The van der Waals surface area contributed by atoms with Crippen molar-refractivity contribution in [3.05, 3.63) is 59.9 Å². The lowest BCUT2D eigenvalue weighted by Crippen LogP contribution is -2.06. The van der Waals surface area contributed by atoms with E-state index in [4.69, 9.17) is 23.4 Å². The highest BCUT2D eigenvalue weighted by Gasteiger charge is 2.21. The summed E-state index contributed by atoms with van der Waals surface area (Å²) in [5, 5.41) is 0. The van der Waals surface area contributed by atoms with Gasteiger partial charge in [-0.1, -0.05) is 0 Å². The van der Waals surface area contributed by atoms with Gasteiger partial charge in [-0.2, -0.15) is 0 Å². The number of rotatable bonds is 7. The van der Waals surface area contributed by atoms with Crippen LogP contribution in [0.4, 0.5) is 0 Å². The number of carbonyl (C=O) groups excluding carboxylic acids is 1. The molecule has 0 radical (unpaired) electrons. The molecule has 27 heavy (non-hydrogen) atoms. The number of furan rings is 1. The molecule has 2 aromatic carbocycles. The third-order valence-corrected chi connectivity index (χ3v) is 4.18. The van der Waals surface area contributed by atoms with Gasteiger partial charge in [-0.15, -0.1) is 0 Å². The monoisotopic (exact) mass is 368 g/mol. The summed E-state index contributed by atoms with van der Waals surface area (Å²) in [4.78, 5) is 13.2. The van der Waals surface area contributed by atoms with Gasteiger partial charge >= 0.3 is 0 Å². The topological polar surface area (TPSA) is 67.1 Å². The van der Waals surface area contributed by atoms with Crippen LogP contribution in [0.2, 0.25) is 0 Å². The van der Waals surface area contributed by atoms with E-state index in [1.807, 2.05) is 12.1 Å². The highest BCUT2D eigenvalue weighted by atomic mass is 16.5. The molecular formula is C21H20O6. The molecule has 0 spiro atoms. The molecule has 0 aliphatic heterocycles. The van der Waals surface area contributed by atoms with Crippen molar-refractivity contribution in [1.82, 2.24) is 0 Å². The third kappa shape index (κ3) is 3.46. The van der Waals surface area contributed by atoms with Crippen LogP contribution >= 0.6 is 0 Å². The summed E-state index contributed by atoms with van der Waals surface area (Å²) >= 11 is 0. The molecule has 1 aromatic heterocycles. The zero-order chi connectivity index (χ0) is 19.4. The first-order chi connectivity index (χ1) is 13.1. The van der Waals surface area contributed by atoms with Crippen LogP contribution in [0.25, 0.3) is 11.3 Å². The van der Waals surface area contributed by atoms with Crippen LogP contribution in [0, 0.1) is 0 Å². The van der Waals surface area contributed by atoms with Gasteiger partial charge in [-0.25, -0.2) is 0 Å². The summed E-state index contributed by atoms with van der Waals surface area (Å²) in [5.74, 6) is 2.12. The molecule has 0 unspecified atom stereocenters. The van der Waals surface area contributed by atoms with Gasteiger partial charge < -0.3 is 23.4 Å². The molecule has 140 valence electrons. The van der Waals surface area contributed by atoms with Crippen LogP contribution in [0.5, 0.6) is 23.0 Å². The van der Waals surface area contributed by atoms with Gasteiger partial charge in [-0.05, 0) is 42.5 Å². The van der Waals surface area contributed by atoms with Crippen molar-refractivity contribution in [3.63, 3.8) is 0 Å². The van der Waals surface area contributed by atoms with Crippen molar-refractivity contribution in [2.24, 2.45) is 0 Å². The molecule has 0 amide bonds. The number of hydrogen-bond donors (Lipinski definition) is 0. The fraction of sp³-hybridized carbons (Fsp3) is 0.190. The quantitative estimate of drug-likeness (QED) is 0.582. The Morgan fingerprint density at radius 3 is 2.00 bits per heavy atom. The maximum absolute atomic E-state index is 13.2. The van der Waals surface area contributed by atoms with Gasteiger partial charge in [0.05, 0.1) is 40.3 Å². The van der Waals surface area contributed by atoms with E-state index < -0.39 is 0 Å². The van der Waals surface area contributed by atoms with E-state index in [2.05, 4.69) is 0 Å². The Hall–Kier alpha value is -3.41. The highest BCUT2D eigenvalue weighted by molar-refractivity contribution is 6.12. The Kier molecular flexibility index (Phi) is 5.35. The number of carbonyl (C=O) groups is 1. The average molecular weight is 368 g/mol. The van der Waals surface area contributed by atoms with Gasteiger partial charge in [0.15, 0.2) is 17.3 Å². The minimum atomic E-state index is -0.237. The van der Waals surface area contributed by atoms with Crippen molar-refractivity contribution in [1.29, 1.82) is 0 Å². The van der Waals surface area contributed by atoms with Crippen LogP contribution in [-0.4, -0.2) is 34.2 Å². The molecular weight excluding hydrogens is 348 g/mol. The van der Waals surface area contributed by atoms with Crippen molar-refractivity contribution in [2.45, 2.75) is 0 Å². The maximum atomic E-state index is 13.2. The predicted molar refractivity (Wildman–Crippen MR) is 100 cm³/mol. The SMILES string of the molecule is COc1ccc(-c2ccco2)cc1C(=O)c1cc(OC)c(OC)c(OC)c1. The van der Waals surface area contributed by atoms with Crippen LogP contribution in [-0.2, 0) is 0 Å². The van der Waals surface area contributed by atoms with E-state index >= 15 is 0 Å². The Labute approximate surface area is 157 Å². The van der Waals surface area contributed by atoms with Gasteiger partial charge in [-0.3, -0.25) is 4.79 Å². The Morgan fingerprint density at radius 1 is 0.815 bits per heavy atom. The van der Waals surface area contributed by atoms with Crippen molar-refractivity contribution >= 4 is 5.78 Å². The fourth-order valence-corrected chi connectivity index (χ4v) is 2.85. The Balaban J connectivity index is 2.11. The first-order valence-corrected chi connectivity index (χ1v) is 8.19. The van der Waals surface area contributed by atoms with Crippen LogP contribution < -0.4 is 18.9 Å².